The topological polar surface area (TPSA) is 76.4 Å². The third-order valence-corrected chi connectivity index (χ3v) is 4.46. The van der Waals surface area contributed by atoms with Gasteiger partial charge in [0.05, 0.1) is 11.4 Å². The Labute approximate surface area is 141 Å². The van der Waals surface area contributed by atoms with Crippen molar-refractivity contribution >= 4 is 11.6 Å². The number of carbonyl (C=O) groups excluding carboxylic acids is 1. The van der Waals surface area contributed by atoms with Crippen molar-refractivity contribution in [2.75, 3.05) is 5.32 Å². The summed E-state index contributed by atoms with van der Waals surface area (Å²) in [4.78, 5) is 11.8. The molecule has 0 fully saturated rings. The van der Waals surface area contributed by atoms with Crippen LogP contribution >= 0.6 is 0 Å². The first-order valence-corrected chi connectivity index (χ1v) is 8.26. The molecule has 2 unspecified atom stereocenters. The molecule has 2 atom stereocenters. The number of carbonyl (C=O) groups is 1. The Morgan fingerprint density at radius 2 is 2.17 bits per heavy atom. The molecule has 2 heterocycles. The van der Waals surface area contributed by atoms with E-state index in [0.29, 0.717) is 13.0 Å². The minimum Gasteiger partial charge on any atom is -0.478 e. The van der Waals surface area contributed by atoms with E-state index in [0.717, 1.165) is 34.0 Å². The van der Waals surface area contributed by atoms with Gasteiger partial charge in [0.25, 0.3) is 5.91 Å². The van der Waals surface area contributed by atoms with Crippen molar-refractivity contribution in [2.45, 2.75) is 52.8 Å². The molecule has 0 aliphatic carbocycles. The van der Waals surface area contributed by atoms with Crippen LogP contribution in [0, 0.1) is 13.8 Å². The van der Waals surface area contributed by atoms with Crippen LogP contribution in [0.25, 0.3) is 0 Å². The molecule has 1 amide bonds. The number of fused-ring (bicyclic) bond motifs is 1. The van der Waals surface area contributed by atoms with Gasteiger partial charge in [-0.25, -0.2) is 0 Å². The fourth-order valence-electron chi connectivity index (χ4n) is 2.83. The lowest BCUT2D eigenvalue weighted by Crippen LogP contribution is -2.36. The lowest BCUT2D eigenvalue weighted by Gasteiger charge is -2.26. The van der Waals surface area contributed by atoms with Crippen LogP contribution in [0.3, 0.4) is 0 Å². The van der Waals surface area contributed by atoms with Crippen molar-refractivity contribution in [3.05, 3.63) is 40.8 Å². The molecule has 2 aromatic rings. The molecule has 0 spiro atoms. The molecular weight excluding hydrogens is 306 g/mol. The summed E-state index contributed by atoms with van der Waals surface area (Å²) in [5, 5.41) is 10.3. The molecule has 1 aromatic carbocycles. The summed E-state index contributed by atoms with van der Waals surface area (Å²) < 4.78 is 11.0. The van der Waals surface area contributed by atoms with Gasteiger partial charge in [-0.05, 0) is 44.9 Å². The van der Waals surface area contributed by atoms with E-state index in [1.165, 1.54) is 0 Å². The highest BCUT2D eigenvalue weighted by Crippen LogP contribution is 2.33. The van der Waals surface area contributed by atoms with Crippen molar-refractivity contribution in [2.24, 2.45) is 0 Å². The van der Waals surface area contributed by atoms with E-state index in [4.69, 9.17) is 9.26 Å². The zero-order valence-electron chi connectivity index (χ0n) is 14.5. The number of nitrogens with zero attached hydrogens (tertiary/aromatic N) is 1. The number of benzene rings is 1. The number of aromatic nitrogens is 1. The summed E-state index contributed by atoms with van der Waals surface area (Å²) >= 11 is 0. The molecule has 1 aliphatic rings. The summed E-state index contributed by atoms with van der Waals surface area (Å²) in [6.07, 6.45) is 0.230. The summed E-state index contributed by atoms with van der Waals surface area (Å²) in [6.45, 7) is 8.58. The van der Waals surface area contributed by atoms with Crippen molar-refractivity contribution < 1.29 is 14.1 Å². The van der Waals surface area contributed by atoms with Gasteiger partial charge in [0.1, 0.15) is 11.5 Å². The Hall–Kier alpha value is -2.34. The quantitative estimate of drug-likeness (QED) is 0.880. The molecule has 2 N–H and O–H groups in total. The molecule has 1 aromatic heterocycles. The van der Waals surface area contributed by atoms with Gasteiger partial charge >= 0.3 is 0 Å². The Bertz CT molecular complexity index is 734. The largest absolute Gasteiger partial charge is 0.478 e. The van der Waals surface area contributed by atoms with Gasteiger partial charge in [-0.2, -0.15) is 0 Å². The Morgan fingerprint density at radius 1 is 1.38 bits per heavy atom. The van der Waals surface area contributed by atoms with E-state index in [1.807, 2.05) is 39.0 Å². The van der Waals surface area contributed by atoms with Crippen LogP contribution in [0.4, 0.5) is 5.69 Å². The predicted molar refractivity (Wildman–Crippen MR) is 91.0 cm³/mol. The second kappa shape index (κ2) is 6.65. The normalized spacial score (nSPS) is 17.8. The van der Waals surface area contributed by atoms with Gasteiger partial charge in [-0.15, -0.1) is 0 Å². The monoisotopic (exact) mass is 329 g/mol. The summed E-state index contributed by atoms with van der Waals surface area (Å²) in [6, 6.07) is 6.01. The molecule has 3 rings (SSSR count). The second-order valence-corrected chi connectivity index (χ2v) is 6.16. The van der Waals surface area contributed by atoms with E-state index in [2.05, 4.69) is 22.7 Å². The third kappa shape index (κ3) is 3.14. The molecule has 6 heteroatoms. The van der Waals surface area contributed by atoms with Crippen LogP contribution in [-0.4, -0.2) is 17.2 Å². The summed E-state index contributed by atoms with van der Waals surface area (Å²) in [7, 11) is 0. The minimum atomic E-state index is -0.418. The maximum atomic E-state index is 11.8. The van der Waals surface area contributed by atoms with Crippen molar-refractivity contribution in [1.29, 1.82) is 0 Å². The molecular formula is C18H23N3O3. The average molecular weight is 329 g/mol. The molecule has 0 saturated carbocycles. The third-order valence-electron chi connectivity index (χ3n) is 4.46. The van der Waals surface area contributed by atoms with Crippen molar-refractivity contribution in [3.63, 3.8) is 0 Å². The number of anilines is 1. The zero-order chi connectivity index (χ0) is 17.3. The first kappa shape index (κ1) is 16.5. The maximum absolute atomic E-state index is 11.8. The van der Waals surface area contributed by atoms with Crippen LogP contribution < -0.4 is 15.4 Å². The first-order chi connectivity index (χ1) is 11.5. The van der Waals surface area contributed by atoms with Gasteiger partial charge in [-0.1, -0.05) is 18.1 Å². The lowest BCUT2D eigenvalue weighted by atomic mass is 10.1. The lowest BCUT2D eigenvalue weighted by molar-refractivity contribution is -0.123. The fraction of sp³-hybridized carbons (Fsp3) is 0.444. The molecule has 0 bridgehead atoms. The van der Waals surface area contributed by atoms with E-state index in [1.54, 1.807) is 0 Å². The SMILES string of the molecule is CCC1Oc2cc(C(C)NCc3c(C)noc3C)ccc2NC1=O. The number of hydrogen-bond acceptors (Lipinski definition) is 5. The highest BCUT2D eigenvalue weighted by Gasteiger charge is 2.26. The van der Waals surface area contributed by atoms with E-state index < -0.39 is 6.10 Å². The van der Waals surface area contributed by atoms with Gasteiger partial charge in [0, 0.05) is 18.2 Å². The summed E-state index contributed by atoms with van der Waals surface area (Å²) in [5.41, 5.74) is 3.83. The van der Waals surface area contributed by atoms with Crippen LogP contribution in [0.5, 0.6) is 5.75 Å². The second-order valence-electron chi connectivity index (χ2n) is 6.16. The summed E-state index contributed by atoms with van der Waals surface area (Å²) in [5.74, 6) is 1.49. The predicted octanol–water partition coefficient (Wildman–Crippen LogP) is 3.25. The molecule has 1 aliphatic heterocycles. The Balaban J connectivity index is 1.72. The highest BCUT2D eigenvalue weighted by molar-refractivity contribution is 5.97. The van der Waals surface area contributed by atoms with Crippen molar-refractivity contribution in [3.8, 4) is 5.75 Å². The van der Waals surface area contributed by atoms with Crippen LogP contribution in [0.15, 0.2) is 22.7 Å². The van der Waals surface area contributed by atoms with Gasteiger partial charge in [-0.3, -0.25) is 4.79 Å². The smallest absolute Gasteiger partial charge is 0.265 e. The van der Waals surface area contributed by atoms with E-state index in [9.17, 15) is 4.79 Å². The highest BCUT2D eigenvalue weighted by atomic mass is 16.5. The number of aryl methyl sites for hydroxylation is 2. The van der Waals surface area contributed by atoms with E-state index in [-0.39, 0.29) is 11.9 Å². The first-order valence-electron chi connectivity index (χ1n) is 8.26. The van der Waals surface area contributed by atoms with Gasteiger partial charge in [0.15, 0.2) is 6.10 Å². The fourth-order valence-corrected chi connectivity index (χ4v) is 2.83. The van der Waals surface area contributed by atoms with Gasteiger partial charge in [0.2, 0.25) is 0 Å². The minimum absolute atomic E-state index is 0.0812. The number of rotatable bonds is 5. The molecule has 0 saturated heterocycles. The van der Waals surface area contributed by atoms with Crippen LogP contribution in [-0.2, 0) is 11.3 Å². The average Bonchev–Trinajstić information content (AvgIpc) is 2.90. The van der Waals surface area contributed by atoms with Crippen molar-refractivity contribution in [1.82, 2.24) is 10.5 Å². The van der Waals surface area contributed by atoms with Crippen LogP contribution in [0.2, 0.25) is 0 Å². The molecule has 6 nitrogen and oxygen atoms in total. The Morgan fingerprint density at radius 3 is 2.83 bits per heavy atom. The standard InChI is InChI=1S/C18H23N3O3/c1-5-16-18(22)20-15-7-6-13(8-17(15)23-16)10(2)19-9-14-11(3)21-24-12(14)4/h6-8,10,16,19H,5,9H2,1-4H3,(H,20,22). The van der Waals surface area contributed by atoms with E-state index >= 15 is 0 Å². The number of ether oxygens (including phenoxy) is 1. The molecule has 128 valence electrons. The van der Waals surface area contributed by atoms with Gasteiger partial charge < -0.3 is 19.9 Å². The number of nitrogens with one attached hydrogen (secondary N) is 2. The molecule has 24 heavy (non-hydrogen) atoms. The maximum Gasteiger partial charge on any atom is 0.265 e. The number of hydrogen-bond donors (Lipinski definition) is 2. The number of amides is 1. The Kier molecular flexibility index (Phi) is 4.57. The van der Waals surface area contributed by atoms with Crippen LogP contribution in [0.1, 0.15) is 48.9 Å². The zero-order valence-corrected chi connectivity index (χ0v) is 14.5. The molecule has 0 radical (unpaired) electrons.